The van der Waals surface area contributed by atoms with Crippen molar-refractivity contribution in [1.29, 1.82) is 0 Å². The van der Waals surface area contributed by atoms with Crippen LogP contribution in [0.4, 0.5) is 0 Å². The Kier molecular flexibility index (Phi) is 4.51. The number of carbonyl (C=O) groups excluding carboxylic acids is 1. The van der Waals surface area contributed by atoms with E-state index in [9.17, 15) is 4.79 Å². The summed E-state index contributed by atoms with van der Waals surface area (Å²) < 4.78 is 9.22. The van der Waals surface area contributed by atoms with Gasteiger partial charge in [0.15, 0.2) is 10.4 Å². The zero-order chi connectivity index (χ0) is 15.7. The number of nitrogens with one attached hydrogen (secondary N) is 1. The molecule has 0 saturated heterocycles. The summed E-state index contributed by atoms with van der Waals surface area (Å²) in [5.41, 5.74) is 2.63. The number of methoxy groups -OCH3 is 1. The topological polar surface area (TPSA) is 64.8 Å². The van der Waals surface area contributed by atoms with E-state index in [1.807, 2.05) is 23.1 Å². The van der Waals surface area contributed by atoms with Crippen LogP contribution >= 0.6 is 12.2 Å². The molecule has 2 aromatic rings. The lowest BCUT2D eigenvalue weighted by Gasteiger charge is -2.19. The van der Waals surface area contributed by atoms with Crippen LogP contribution in [0.1, 0.15) is 38.9 Å². The lowest BCUT2D eigenvalue weighted by Crippen LogP contribution is -2.23. The number of hydrogen-bond donors (Lipinski definition) is 1. The van der Waals surface area contributed by atoms with E-state index in [2.05, 4.69) is 23.9 Å². The van der Waals surface area contributed by atoms with Gasteiger partial charge in [0.2, 0.25) is 0 Å². The molecule has 0 amide bonds. The number of H-pyrrole nitrogens is 1. The third kappa shape index (κ3) is 2.74. The Bertz CT molecular complexity index is 710. The van der Waals surface area contributed by atoms with E-state index in [1.165, 1.54) is 7.11 Å². The summed E-state index contributed by atoms with van der Waals surface area (Å²) in [6, 6.07) is -0.433. The molecule has 0 fully saturated rings. The smallest absolute Gasteiger partial charge is 0.329 e. The van der Waals surface area contributed by atoms with Crippen LogP contribution in [0, 0.1) is 17.6 Å². The standard InChI is InChI=1S/C14H22N4O2S/c1-6-17-12-11(9(4)16-17)15-14(21)18(12)10(7-8(2)3)13(19)20-5/h8,10H,6-7H2,1-5H3,(H,15,21). The van der Waals surface area contributed by atoms with Gasteiger partial charge in [0.05, 0.1) is 12.8 Å². The SMILES string of the molecule is CCn1nc(C)c2[nH]c(=S)n(C(CC(C)C)C(=O)OC)c21. The molecule has 7 heteroatoms. The van der Waals surface area contributed by atoms with Gasteiger partial charge in [-0.05, 0) is 38.4 Å². The van der Waals surface area contributed by atoms with Gasteiger partial charge in [0.25, 0.3) is 0 Å². The summed E-state index contributed by atoms with van der Waals surface area (Å²) in [5.74, 6) is 0.0715. The van der Waals surface area contributed by atoms with Crippen LogP contribution in [0.3, 0.4) is 0 Å². The molecule has 0 aliphatic carbocycles. The second-order valence-electron chi connectivity index (χ2n) is 5.57. The van der Waals surface area contributed by atoms with Crippen LogP contribution < -0.4 is 0 Å². The van der Waals surface area contributed by atoms with E-state index in [0.717, 1.165) is 16.9 Å². The van der Waals surface area contributed by atoms with Crippen LogP contribution in [0.5, 0.6) is 0 Å². The molecule has 2 heterocycles. The molecule has 21 heavy (non-hydrogen) atoms. The van der Waals surface area contributed by atoms with E-state index in [1.54, 1.807) is 0 Å². The summed E-state index contributed by atoms with van der Waals surface area (Å²) in [5, 5.41) is 4.48. The fourth-order valence-electron chi connectivity index (χ4n) is 2.62. The predicted octanol–water partition coefficient (Wildman–Crippen LogP) is 2.98. The first kappa shape index (κ1) is 15.8. The number of aryl methyl sites for hydroxylation is 2. The minimum atomic E-state index is -0.433. The molecule has 1 N–H and O–H groups in total. The van der Waals surface area contributed by atoms with Crippen molar-refractivity contribution in [2.24, 2.45) is 5.92 Å². The van der Waals surface area contributed by atoms with Crippen molar-refractivity contribution in [1.82, 2.24) is 19.3 Å². The lowest BCUT2D eigenvalue weighted by molar-refractivity contribution is -0.145. The number of esters is 1. The molecule has 0 saturated carbocycles. The molecule has 0 aliphatic heterocycles. The zero-order valence-electron chi connectivity index (χ0n) is 13.1. The maximum Gasteiger partial charge on any atom is 0.329 e. The molecule has 0 radical (unpaired) electrons. The van der Waals surface area contributed by atoms with Gasteiger partial charge in [0, 0.05) is 6.54 Å². The molecule has 2 rings (SSSR count). The Morgan fingerprint density at radius 1 is 1.48 bits per heavy atom. The highest BCUT2D eigenvalue weighted by Crippen LogP contribution is 2.26. The monoisotopic (exact) mass is 310 g/mol. The number of rotatable bonds is 5. The van der Waals surface area contributed by atoms with Crippen LogP contribution in [0.2, 0.25) is 0 Å². The van der Waals surface area contributed by atoms with Gasteiger partial charge >= 0.3 is 5.97 Å². The Balaban J connectivity index is 2.69. The predicted molar refractivity (Wildman–Crippen MR) is 83.8 cm³/mol. The lowest BCUT2D eigenvalue weighted by atomic mass is 10.0. The molecule has 6 nitrogen and oxygen atoms in total. The normalized spacial score (nSPS) is 13.0. The summed E-state index contributed by atoms with van der Waals surface area (Å²) >= 11 is 5.43. The van der Waals surface area contributed by atoms with Crippen LogP contribution in [0.25, 0.3) is 11.2 Å². The molecule has 0 spiro atoms. The molecule has 116 valence electrons. The van der Waals surface area contributed by atoms with Gasteiger partial charge in [-0.2, -0.15) is 5.10 Å². The number of nitrogens with zero attached hydrogens (tertiary/aromatic N) is 3. The van der Waals surface area contributed by atoms with Crippen molar-refractivity contribution in [3.63, 3.8) is 0 Å². The maximum absolute atomic E-state index is 12.2. The second kappa shape index (κ2) is 6.01. The van der Waals surface area contributed by atoms with Gasteiger partial charge in [-0.1, -0.05) is 13.8 Å². The van der Waals surface area contributed by atoms with E-state index in [0.29, 0.717) is 23.7 Å². The Hall–Kier alpha value is -1.63. The molecule has 1 unspecified atom stereocenters. The minimum absolute atomic E-state index is 0.276. The van der Waals surface area contributed by atoms with Gasteiger partial charge < -0.3 is 9.72 Å². The fraction of sp³-hybridized carbons (Fsp3) is 0.643. The average Bonchev–Trinajstić information content (AvgIpc) is 2.92. The first-order valence-corrected chi connectivity index (χ1v) is 7.56. The Morgan fingerprint density at radius 3 is 2.67 bits per heavy atom. The minimum Gasteiger partial charge on any atom is -0.467 e. The highest BCUT2D eigenvalue weighted by atomic mass is 32.1. The van der Waals surface area contributed by atoms with Crippen molar-refractivity contribution in [3.8, 4) is 0 Å². The van der Waals surface area contributed by atoms with E-state index >= 15 is 0 Å². The number of fused-ring (bicyclic) bond motifs is 1. The first-order chi connectivity index (χ1) is 9.90. The summed E-state index contributed by atoms with van der Waals surface area (Å²) in [7, 11) is 1.41. The van der Waals surface area contributed by atoms with Gasteiger partial charge in [-0.25, -0.2) is 9.48 Å². The van der Waals surface area contributed by atoms with E-state index in [4.69, 9.17) is 17.0 Å². The van der Waals surface area contributed by atoms with Crippen molar-refractivity contribution in [2.45, 2.75) is 46.7 Å². The van der Waals surface area contributed by atoms with Gasteiger partial charge in [0.1, 0.15) is 11.6 Å². The quantitative estimate of drug-likeness (QED) is 0.681. The number of ether oxygens (including phenoxy) is 1. The molecule has 2 aromatic heterocycles. The zero-order valence-corrected chi connectivity index (χ0v) is 14.0. The maximum atomic E-state index is 12.2. The van der Waals surface area contributed by atoms with Crippen LogP contribution in [0.15, 0.2) is 0 Å². The van der Waals surface area contributed by atoms with Crippen molar-refractivity contribution in [3.05, 3.63) is 10.5 Å². The van der Waals surface area contributed by atoms with Crippen molar-refractivity contribution < 1.29 is 9.53 Å². The van der Waals surface area contributed by atoms with Crippen LogP contribution in [-0.4, -0.2) is 32.4 Å². The van der Waals surface area contributed by atoms with E-state index < -0.39 is 6.04 Å². The Morgan fingerprint density at radius 2 is 2.14 bits per heavy atom. The first-order valence-electron chi connectivity index (χ1n) is 7.16. The third-order valence-electron chi connectivity index (χ3n) is 3.56. The van der Waals surface area contributed by atoms with E-state index in [-0.39, 0.29) is 5.97 Å². The highest BCUT2D eigenvalue weighted by molar-refractivity contribution is 7.71. The molecule has 0 aromatic carbocycles. The molecular formula is C14H22N4O2S. The average molecular weight is 310 g/mol. The number of imidazole rings is 1. The second-order valence-corrected chi connectivity index (χ2v) is 5.96. The van der Waals surface area contributed by atoms with Gasteiger partial charge in [-0.3, -0.25) is 4.57 Å². The summed E-state index contributed by atoms with van der Waals surface area (Å²) in [6.07, 6.45) is 0.669. The molecule has 0 aliphatic rings. The Labute approximate surface area is 129 Å². The number of aromatic nitrogens is 4. The number of carbonyl (C=O) groups is 1. The molecular weight excluding hydrogens is 288 g/mol. The fourth-order valence-corrected chi connectivity index (χ4v) is 2.94. The molecule has 1 atom stereocenters. The van der Waals surface area contributed by atoms with Crippen molar-refractivity contribution in [2.75, 3.05) is 7.11 Å². The van der Waals surface area contributed by atoms with Crippen LogP contribution in [-0.2, 0) is 16.1 Å². The van der Waals surface area contributed by atoms with Gasteiger partial charge in [-0.15, -0.1) is 0 Å². The third-order valence-corrected chi connectivity index (χ3v) is 3.86. The summed E-state index contributed by atoms with van der Waals surface area (Å²) in [6.45, 7) is 8.81. The summed E-state index contributed by atoms with van der Waals surface area (Å²) in [4.78, 5) is 15.4. The number of aromatic amines is 1. The highest BCUT2D eigenvalue weighted by Gasteiger charge is 2.27. The largest absolute Gasteiger partial charge is 0.467 e. The van der Waals surface area contributed by atoms with Crippen molar-refractivity contribution >= 4 is 29.4 Å². The number of hydrogen-bond acceptors (Lipinski definition) is 4. The molecule has 0 bridgehead atoms.